The van der Waals surface area contributed by atoms with Crippen LogP contribution in [0, 0.1) is 0 Å². The number of benzene rings is 2. The third-order valence-electron chi connectivity index (χ3n) is 3.44. The second kappa shape index (κ2) is 7.06. The third-order valence-corrected chi connectivity index (χ3v) is 5.19. The number of hydrogen-bond acceptors (Lipinski definition) is 5. The number of rotatable bonds is 5. The molecule has 0 unspecified atom stereocenters. The summed E-state index contributed by atoms with van der Waals surface area (Å²) in [5, 5.41) is 0.983. The smallest absolute Gasteiger partial charge is 0.134 e. The maximum absolute atomic E-state index is 5.42. The van der Waals surface area contributed by atoms with Crippen molar-refractivity contribution >= 4 is 45.5 Å². The van der Waals surface area contributed by atoms with E-state index in [1.54, 1.807) is 37.3 Å². The van der Waals surface area contributed by atoms with E-state index in [1.807, 2.05) is 36.4 Å². The van der Waals surface area contributed by atoms with Crippen molar-refractivity contribution in [1.29, 1.82) is 0 Å². The molecule has 118 valence electrons. The Morgan fingerprint density at radius 2 is 1.83 bits per heavy atom. The molecule has 0 atom stereocenters. The van der Waals surface area contributed by atoms with Crippen LogP contribution in [0.5, 0.6) is 11.5 Å². The minimum Gasteiger partial charge on any atom is -0.497 e. The van der Waals surface area contributed by atoms with E-state index in [-0.39, 0.29) is 0 Å². The van der Waals surface area contributed by atoms with Crippen molar-refractivity contribution in [2.75, 3.05) is 20.5 Å². The van der Waals surface area contributed by atoms with Crippen LogP contribution in [-0.2, 0) is 0 Å². The molecule has 1 heterocycles. The highest BCUT2D eigenvalue weighted by Gasteiger charge is 2.08. The zero-order chi connectivity index (χ0) is 16.2. The molecule has 5 heteroatoms. The van der Waals surface area contributed by atoms with Crippen LogP contribution in [0.25, 0.3) is 22.4 Å². The van der Waals surface area contributed by atoms with Crippen LogP contribution in [0.3, 0.4) is 0 Å². The Bertz CT molecular complexity index is 797. The lowest BCUT2D eigenvalue weighted by Crippen LogP contribution is -1.85. The summed E-state index contributed by atoms with van der Waals surface area (Å²) in [7, 11) is 3.36. The molecule has 0 N–H and O–H groups in total. The quantitative estimate of drug-likeness (QED) is 0.595. The molecule has 2 aromatic carbocycles. The van der Waals surface area contributed by atoms with Crippen molar-refractivity contribution in [1.82, 2.24) is 4.98 Å². The first-order valence-electron chi connectivity index (χ1n) is 7.08. The lowest BCUT2D eigenvalue weighted by atomic mass is 10.2. The first-order valence-corrected chi connectivity index (χ1v) is 9.12. The molecule has 3 rings (SSSR count). The second-order valence-electron chi connectivity index (χ2n) is 4.83. The molecule has 3 aromatic rings. The van der Waals surface area contributed by atoms with E-state index in [1.165, 1.54) is 4.70 Å². The Balaban J connectivity index is 1.89. The maximum Gasteiger partial charge on any atom is 0.134 e. The largest absolute Gasteiger partial charge is 0.497 e. The molecule has 3 nitrogen and oxygen atoms in total. The predicted octanol–water partition coefficient (Wildman–Crippen LogP) is 5.21. The molecule has 0 aliphatic heterocycles. The van der Waals surface area contributed by atoms with Gasteiger partial charge in [-0.25, -0.2) is 4.98 Å². The van der Waals surface area contributed by atoms with Gasteiger partial charge in [-0.15, -0.1) is 23.1 Å². The summed E-state index contributed by atoms with van der Waals surface area (Å²) in [5.41, 5.74) is 2.09. The number of nitrogens with zero attached hydrogens (tertiary/aromatic N) is 1. The molecule has 0 aliphatic rings. The maximum atomic E-state index is 5.42. The number of hydrogen-bond donors (Lipinski definition) is 0. The van der Waals surface area contributed by atoms with Gasteiger partial charge in [-0.2, -0.15) is 0 Å². The summed E-state index contributed by atoms with van der Waals surface area (Å²) >= 11 is 3.36. The van der Waals surface area contributed by atoms with Crippen molar-refractivity contribution < 1.29 is 9.47 Å². The molecular weight excluding hydrogens is 326 g/mol. The van der Waals surface area contributed by atoms with Crippen LogP contribution >= 0.6 is 23.1 Å². The average Bonchev–Trinajstić information content (AvgIpc) is 3.00. The van der Waals surface area contributed by atoms with E-state index in [2.05, 4.69) is 23.4 Å². The van der Waals surface area contributed by atoms with E-state index in [0.717, 1.165) is 32.5 Å². The molecule has 0 radical (unpaired) electrons. The van der Waals surface area contributed by atoms with E-state index in [9.17, 15) is 0 Å². The van der Waals surface area contributed by atoms with Crippen LogP contribution in [0.2, 0.25) is 0 Å². The fourth-order valence-corrected chi connectivity index (χ4v) is 3.77. The van der Waals surface area contributed by atoms with Gasteiger partial charge in [-0.05, 0) is 36.1 Å². The van der Waals surface area contributed by atoms with Gasteiger partial charge in [0.1, 0.15) is 16.5 Å². The molecule has 1 aromatic heterocycles. The Morgan fingerprint density at radius 1 is 1.04 bits per heavy atom. The van der Waals surface area contributed by atoms with Crippen LogP contribution in [0.15, 0.2) is 41.3 Å². The van der Waals surface area contributed by atoms with Gasteiger partial charge in [0.15, 0.2) is 0 Å². The summed E-state index contributed by atoms with van der Waals surface area (Å²) in [6.07, 6.45) is 6.15. The minimum absolute atomic E-state index is 0.860. The van der Waals surface area contributed by atoms with Crippen molar-refractivity contribution in [3.63, 3.8) is 0 Å². The lowest BCUT2D eigenvalue weighted by Gasteiger charge is -2.04. The van der Waals surface area contributed by atoms with Crippen LogP contribution in [-0.4, -0.2) is 25.5 Å². The molecule has 0 saturated heterocycles. The van der Waals surface area contributed by atoms with Crippen molar-refractivity contribution in [3.05, 3.63) is 47.0 Å². The summed E-state index contributed by atoms with van der Waals surface area (Å²) in [6, 6.07) is 12.1. The monoisotopic (exact) mass is 343 g/mol. The van der Waals surface area contributed by atoms with Crippen molar-refractivity contribution in [3.8, 4) is 11.5 Å². The Morgan fingerprint density at radius 3 is 2.48 bits per heavy atom. The van der Waals surface area contributed by atoms with Crippen LogP contribution in [0.4, 0.5) is 0 Å². The first-order chi connectivity index (χ1) is 11.2. The molecule has 0 spiro atoms. The second-order valence-corrected chi connectivity index (χ2v) is 6.74. The average molecular weight is 343 g/mol. The van der Waals surface area contributed by atoms with Gasteiger partial charge in [-0.1, -0.05) is 18.2 Å². The highest BCUT2D eigenvalue weighted by atomic mass is 32.2. The third kappa shape index (κ3) is 3.51. The number of ether oxygens (including phenoxy) is 2. The van der Waals surface area contributed by atoms with Gasteiger partial charge in [0.2, 0.25) is 0 Å². The van der Waals surface area contributed by atoms with Gasteiger partial charge >= 0.3 is 0 Å². The van der Waals surface area contributed by atoms with Crippen molar-refractivity contribution in [2.45, 2.75) is 4.90 Å². The topological polar surface area (TPSA) is 31.4 Å². The number of thiazole rings is 1. The van der Waals surface area contributed by atoms with Gasteiger partial charge in [-0.3, -0.25) is 0 Å². The number of aromatic nitrogens is 1. The zero-order valence-electron chi connectivity index (χ0n) is 13.2. The zero-order valence-corrected chi connectivity index (χ0v) is 14.8. The standard InChI is InChI=1S/C18H17NO2S2/c1-20-13-7-4-12(5-8-13)6-9-18-19-14-10-15(21-2)17(22-3)11-16(14)23-18/h4-11H,1-3H3. The molecule has 0 saturated carbocycles. The van der Waals surface area contributed by atoms with E-state index < -0.39 is 0 Å². The molecule has 0 bridgehead atoms. The van der Waals surface area contributed by atoms with E-state index in [4.69, 9.17) is 9.47 Å². The Kier molecular flexibility index (Phi) is 4.88. The van der Waals surface area contributed by atoms with Gasteiger partial charge in [0, 0.05) is 6.07 Å². The molecular formula is C18H17NO2S2. The Labute approximate surface area is 144 Å². The fraction of sp³-hybridized carbons (Fsp3) is 0.167. The minimum atomic E-state index is 0.860. The fourth-order valence-electron chi connectivity index (χ4n) is 2.23. The summed E-state index contributed by atoms with van der Waals surface area (Å²) in [6.45, 7) is 0. The van der Waals surface area contributed by atoms with Crippen LogP contribution in [0.1, 0.15) is 10.6 Å². The van der Waals surface area contributed by atoms with Crippen LogP contribution < -0.4 is 9.47 Å². The molecule has 0 fully saturated rings. The molecule has 23 heavy (non-hydrogen) atoms. The van der Waals surface area contributed by atoms with Gasteiger partial charge in [0.05, 0.1) is 29.3 Å². The predicted molar refractivity (Wildman–Crippen MR) is 99.9 cm³/mol. The number of methoxy groups -OCH3 is 2. The lowest BCUT2D eigenvalue weighted by molar-refractivity contribution is 0.405. The normalized spacial score (nSPS) is 11.3. The number of thioether (sulfide) groups is 1. The van der Waals surface area contributed by atoms with Gasteiger partial charge < -0.3 is 9.47 Å². The summed E-state index contributed by atoms with van der Waals surface area (Å²) < 4.78 is 11.8. The van der Waals surface area contributed by atoms with E-state index >= 15 is 0 Å². The molecule has 0 aliphatic carbocycles. The van der Waals surface area contributed by atoms with Crippen molar-refractivity contribution in [2.24, 2.45) is 0 Å². The summed E-state index contributed by atoms with van der Waals surface area (Å²) in [4.78, 5) is 5.80. The highest BCUT2D eigenvalue weighted by Crippen LogP contribution is 2.35. The first kappa shape index (κ1) is 15.9. The molecule has 0 amide bonds. The number of fused-ring (bicyclic) bond motifs is 1. The van der Waals surface area contributed by atoms with Gasteiger partial charge in [0.25, 0.3) is 0 Å². The SMILES string of the molecule is COc1ccc(C=Cc2nc3cc(OC)c(SC)cc3s2)cc1. The van der Waals surface area contributed by atoms with E-state index in [0.29, 0.717) is 0 Å². The Hall–Kier alpha value is -1.98. The highest BCUT2D eigenvalue weighted by molar-refractivity contribution is 7.98. The summed E-state index contributed by atoms with van der Waals surface area (Å²) in [5.74, 6) is 1.74.